The molecular formula is C13H9ClN4O2S. The number of benzene rings is 1. The van der Waals surface area contributed by atoms with Crippen LogP contribution < -0.4 is 0 Å². The molecule has 0 bridgehead atoms. The van der Waals surface area contributed by atoms with Crippen molar-refractivity contribution in [2.24, 2.45) is 0 Å². The van der Waals surface area contributed by atoms with Crippen molar-refractivity contribution in [1.29, 1.82) is 0 Å². The molecule has 3 aromatic rings. The second-order valence-corrected chi connectivity index (χ2v) is 5.66. The number of carboxylic acid groups (broad SMARTS) is 1. The molecule has 21 heavy (non-hydrogen) atoms. The molecule has 0 aliphatic heterocycles. The highest BCUT2D eigenvalue weighted by atomic mass is 35.5. The molecule has 1 aromatic carbocycles. The first kappa shape index (κ1) is 13.8. The number of halogens is 1. The lowest BCUT2D eigenvalue weighted by atomic mass is 10.4. The summed E-state index contributed by atoms with van der Waals surface area (Å²) in [5.74, 6) is -0.583. The van der Waals surface area contributed by atoms with Crippen LogP contribution in [0.4, 0.5) is 0 Å². The first-order chi connectivity index (χ1) is 10.1. The Morgan fingerprint density at radius 3 is 2.81 bits per heavy atom. The Bertz CT molecular complexity index is 804. The molecule has 0 atom stereocenters. The molecule has 8 heteroatoms. The smallest absolute Gasteiger partial charge is 0.311 e. The van der Waals surface area contributed by atoms with Crippen molar-refractivity contribution >= 4 is 34.8 Å². The van der Waals surface area contributed by atoms with E-state index in [1.807, 2.05) is 12.1 Å². The van der Waals surface area contributed by atoms with Gasteiger partial charge in [0.2, 0.25) is 0 Å². The van der Waals surface area contributed by atoms with E-state index in [0.717, 1.165) is 4.90 Å². The monoisotopic (exact) mass is 320 g/mol. The van der Waals surface area contributed by atoms with E-state index in [1.165, 1.54) is 22.6 Å². The van der Waals surface area contributed by atoms with Gasteiger partial charge in [-0.3, -0.25) is 4.79 Å². The van der Waals surface area contributed by atoms with Crippen molar-refractivity contribution < 1.29 is 9.90 Å². The Labute approximate surface area is 128 Å². The van der Waals surface area contributed by atoms with Crippen molar-refractivity contribution in [2.75, 3.05) is 0 Å². The maximum absolute atomic E-state index is 10.9. The van der Waals surface area contributed by atoms with Crippen molar-refractivity contribution in [3.63, 3.8) is 0 Å². The van der Waals surface area contributed by atoms with Gasteiger partial charge >= 0.3 is 5.97 Å². The molecule has 0 aliphatic carbocycles. The van der Waals surface area contributed by atoms with Gasteiger partial charge in [0.05, 0.1) is 6.20 Å². The molecule has 0 amide bonds. The first-order valence-electron chi connectivity index (χ1n) is 5.96. The van der Waals surface area contributed by atoms with E-state index in [-0.39, 0.29) is 6.42 Å². The maximum atomic E-state index is 10.9. The molecule has 0 saturated carbocycles. The summed E-state index contributed by atoms with van der Waals surface area (Å²) in [6.45, 7) is 0. The molecule has 2 aromatic heterocycles. The Hall–Kier alpha value is -2.12. The number of carboxylic acids is 1. The van der Waals surface area contributed by atoms with Crippen LogP contribution in [0.25, 0.3) is 5.52 Å². The summed E-state index contributed by atoms with van der Waals surface area (Å²) in [6, 6.07) is 7.32. The Kier molecular flexibility index (Phi) is 3.76. The fourth-order valence-corrected chi connectivity index (χ4v) is 2.83. The van der Waals surface area contributed by atoms with Crippen LogP contribution in [0.3, 0.4) is 0 Å². The Morgan fingerprint density at radius 2 is 2.10 bits per heavy atom. The van der Waals surface area contributed by atoms with Gasteiger partial charge in [0.15, 0.2) is 0 Å². The van der Waals surface area contributed by atoms with Gasteiger partial charge in [0.25, 0.3) is 0 Å². The van der Waals surface area contributed by atoms with Gasteiger partial charge in [0, 0.05) is 9.92 Å². The van der Waals surface area contributed by atoms with Crippen LogP contribution in [0.5, 0.6) is 0 Å². The number of nitrogens with zero attached hydrogens (tertiary/aromatic N) is 4. The summed E-state index contributed by atoms with van der Waals surface area (Å²) in [7, 11) is 0. The van der Waals surface area contributed by atoms with Crippen molar-refractivity contribution in [1.82, 2.24) is 19.6 Å². The molecule has 6 nitrogen and oxygen atoms in total. The van der Waals surface area contributed by atoms with E-state index in [2.05, 4.69) is 15.1 Å². The third-order valence-electron chi connectivity index (χ3n) is 2.69. The predicted octanol–water partition coefficient (Wildman–Crippen LogP) is 2.56. The number of rotatable bonds is 4. The summed E-state index contributed by atoms with van der Waals surface area (Å²) in [5, 5.41) is 14.3. The maximum Gasteiger partial charge on any atom is 0.311 e. The fourth-order valence-electron chi connectivity index (χ4n) is 1.81. The van der Waals surface area contributed by atoms with Crippen LogP contribution in [-0.2, 0) is 11.2 Å². The minimum atomic E-state index is -0.955. The molecule has 3 rings (SSSR count). The van der Waals surface area contributed by atoms with Gasteiger partial charge in [-0.15, -0.1) is 0 Å². The minimum absolute atomic E-state index is 0.195. The van der Waals surface area contributed by atoms with Crippen LogP contribution in [0.1, 0.15) is 5.82 Å². The highest BCUT2D eigenvalue weighted by Gasteiger charge is 2.15. The number of carbonyl (C=O) groups is 1. The number of imidazole rings is 1. The van der Waals surface area contributed by atoms with Crippen LogP contribution in [0, 0.1) is 0 Å². The molecular weight excluding hydrogens is 312 g/mol. The normalized spacial score (nSPS) is 10.9. The summed E-state index contributed by atoms with van der Waals surface area (Å²) < 4.78 is 1.50. The largest absolute Gasteiger partial charge is 0.481 e. The minimum Gasteiger partial charge on any atom is -0.481 e. The van der Waals surface area contributed by atoms with Gasteiger partial charge in [-0.1, -0.05) is 23.4 Å². The second-order valence-electron chi connectivity index (χ2n) is 4.17. The van der Waals surface area contributed by atoms with E-state index < -0.39 is 5.97 Å². The highest BCUT2D eigenvalue weighted by molar-refractivity contribution is 7.99. The van der Waals surface area contributed by atoms with Gasteiger partial charge in [-0.05, 0) is 24.3 Å². The molecule has 106 valence electrons. The van der Waals surface area contributed by atoms with Crippen molar-refractivity contribution in [3.05, 3.63) is 47.6 Å². The standard InChI is InChI=1S/C13H9ClN4O2S/c14-8-1-3-9(4-2-8)21-13-10-6-15-7-16-18(10)11(17-13)5-12(19)20/h1-4,6-7H,5H2,(H,19,20). The fraction of sp³-hybridized carbons (Fsp3) is 0.0769. The average Bonchev–Trinajstić information content (AvgIpc) is 2.79. The second kappa shape index (κ2) is 5.71. The number of hydrogen-bond donors (Lipinski definition) is 1. The van der Waals surface area contributed by atoms with E-state index in [0.29, 0.717) is 21.4 Å². The SMILES string of the molecule is O=C(O)Cc1nc(Sc2ccc(Cl)cc2)c2cncnn12. The van der Waals surface area contributed by atoms with Crippen LogP contribution >= 0.6 is 23.4 Å². The predicted molar refractivity (Wildman–Crippen MR) is 77.7 cm³/mol. The summed E-state index contributed by atoms with van der Waals surface area (Å²) in [5.41, 5.74) is 0.675. The molecule has 0 unspecified atom stereocenters. The summed E-state index contributed by atoms with van der Waals surface area (Å²) >= 11 is 7.27. The number of fused-ring (bicyclic) bond motifs is 1. The molecule has 2 heterocycles. The zero-order valence-corrected chi connectivity index (χ0v) is 12.2. The van der Waals surface area contributed by atoms with E-state index >= 15 is 0 Å². The highest BCUT2D eigenvalue weighted by Crippen LogP contribution is 2.31. The third kappa shape index (κ3) is 2.98. The molecule has 0 radical (unpaired) electrons. The van der Waals surface area contributed by atoms with Gasteiger partial charge in [-0.25, -0.2) is 14.5 Å². The molecule has 0 spiro atoms. The van der Waals surface area contributed by atoms with Crippen LogP contribution in [0.2, 0.25) is 5.02 Å². The molecule has 0 aliphatic rings. The summed E-state index contributed by atoms with van der Waals surface area (Å²) in [6.07, 6.45) is 2.78. The number of aliphatic carboxylic acids is 1. The quantitative estimate of drug-likeness (QED) is 0.795. The van der Waals surface area contributed by atoms with Crippen molar-refractivity contribution in [2.45, 2.75) is 16.3 Å². The van der Waals surface area contributed by atoms with Gasteiger partial charge < -0.3 is 5.11 Å². The van der Waals surface area contributed by atoms with Gasteiger partial charge in [0.1, 0.15) is 29.1 Å². The molecule has 0 fully saturated rings. The zero-order chi connectivity index (χ0) is 14.8. The topological polar surface area (TPSA) is 80.4 Å². The lowest BCUT2D eigenvalue weighted by Crippen LogP contribution is -2.06. The average molecular weight is 321 g/mol. The first-order valence-corrected chi connectivity index (χ1v) is 7.16. The van der Waals surface area contributed by atoms with Crippen LogP contribution in [-0.4, -0.2) is 30.7 Å². The Morgan fingerprint density at radius 1 is 1.33 bits per heavy atom. The number of hydrogen-bond acceptors (Lipinski definition) is 5. The summed E-state index contributed by atoms with van der Waals surface area (Å²) in [4.78, 5) is 20.2. The van der Waals surface area contributed by atoms with E-state index in [4.69, 9.17) is 16.7 Å². The Balaban J connectivity index is 2.01. The molecule has 0 saturated heterocycles. The van der Waals surface area contributed by atoms with Crippen LogP contribution in [0.15, 0.2) is 46.7 Å². The lowest BCUT2D eigenvalue weighted by Gasteiger charge is -1.98. The van der Waals surface area contributed by atoms with E-state index in [9.17, 15) is 4.79 Å². The zero-order valence-electron chi connectivity index (χ0n) is 10.6. The third-order valence-corrected chi connectivity index (χ3v) is 3.94. The van der Waals surface area contributed by atoms with Crippen molar-refractivity contribution in [3.8, 4) is 0 Å². The lowest BCUT2D eigenvalue weighted by molar-refractivity contribution is -0.136. The van der Waals surface area contributed by atoms with E-state index in [1.54, 1.807) is 18.3 Å². The number of aromatic nitrogens is 4. The van der Waals surface area contributed by atoms with Gasteiger partial charge in [-0.2, -0.15) is 5.10 Å². The molecule has 1 N–H and O–H groups in total.